The maximum absolute atomic E-state index is 12.6. The summed E-state index contributed by atoms with van der Waals surface area (Å²) in [6, 6.07) is 23.3. The first kappa shape index (κ1) is 16.1. The second-order valence-corrected chi connectivity index (χ2v) is 5.73. The molecule has 0 aliphatic carbocycles. The van der Waals surface area contributed by atoms with Gasteiger partial charge in [-0.2, -0.15) is 0 Å². The maximum atomic E-state index is 12.6. The van der Waals surface area contributed by atoms with Gasteiger partial charge in [0.2, 0.25) is 5.60 Å². The first-order chi connectivity index (χ1) is 11.6. The van der Waals surface area contributed by atoms with Crippen molar-refractivity contribution in [3.05, 3.63) is 78.4 Å². The summed E-state index contributed by atoms with van der Waals surface area (Å²) in [4.78, 5) is 12.6. The van der Waals surface area contributed by atoms with E-state index in [2.05, 4.69) is 0 Å². The third-order valence-electron chi connectivity index (χ3n) is 4.03. The number of ether oxygens (including phenoxy) is 2. The van der Waals surface area contributed by atoms with Crippen molar-refractivity contribution in [2.75, 3.05) is 6.61 Å². The summed E-state index contributed by atoms with van der Waals surface area (Å²) in [5, 5.41) is 2.19. The Bertz CT molecular complexity index is 842. The standard InChI is InChI=1S/C21H20O3/c1-3-23-20(22)21(2,18-11-5-4-6-12-18)24-19-14-13-16-9-7-8-10-17(16)15-19/h4-15H,3H2,1-2H3/t21-/m0/s1. The number of carbonyl (C=O) groups excluding carboxylic acids is 1. The largest absolute Gasteiger partial charge is 0.471 e. The molecule has 3 heteroatoms. The fourth-order valence-corrected chi connectivity index (χ4v) is 2.71. The van der Waals surface area contributed by atoms with Crippen LogP contribution in [0.25, 0.3) is 10.8 Å². The van der Waals surface area contributed by atoms with Crippen LogP contribution in [0.3, 0.4) is 0 Å². The lowest BCUT2D eigenvalue weighted by Gasteiger charge is -2.29. The molecule has 0 unspecified atom stereocenters. The molecule has 0 bridgehead atoms. The van der Waals surface area contributed by atoms with Gasteiger partial charge in [0.15, 0.2) is 0 Å². The second kappa shape index (κ2) is 6.75. The van der Waals surface area contributed by atoms with Crippen LogP contribution in [0.4, 0.5) is 0 Å². The summed E-state index contributed by atoms with van der Waals surface area (Å²) < 4.78 is 11.4. The maximum Gasteiger partial charge on any atom is 0.354 e. The van der Waals surface area contributed by atoms with Gasteiger partial charge >= 0.3 is 5.97 Å². The van der Waals surface area contributed by atoms with E-state index in [1.807, 2.05) is 72.8 Å². The molecule has 3 aromatic rings. The van der Waals surface area contributed by atoms with Crippen LogP contribution >= 0.6 is 0 Å². The SMILES string of the molecule is CCOC(=O)[C@@](C)(Oc1ccc2ccccc2c1)c1ccccc1. The molecule has 3 nitrogen and oxygen atoms in total. The van der Waals surface area contributed by atoms with Gasteiger partial charge in [-0.1, -0.05) is 60.7 Å². The van der Waals surface area contributed by atoms with Crippen molar-refractivity contribution >= 4 is 16.7 Å². The Morgan fingerprint density at radius 3 is 2.29 bits per heavy atom. The molecule has 0 aliphatic heterocycles. The summed E-state index contributed by atoms with van der Waals surface area (Å²) in [5.74, 6) is 0.234. The van der Waals surface area contributed by atoms with Crippen LogP contribution in [0.2, 0.25) is 0 Å². The average Bonchev–Trinajstić information content (AvgIpc) is 2.62. The van der Waals surface area contributed by atoms with Gasteiger partial charge in [0.1, 0.15) is 5.75 Å². The van der Waals surface area contributed by atoms with Gasteiger partial charge in [-0.05, 0) is 36.8 Å². The summed E-state index contributed by atoms with van der Waals surface area (Å²) in [5.41, 5.74) is -0.434. The van der Waals surface area contributed by atoms with Crippen molar-refractivity contribution in [2.45, 2.75) is 19.4 Å². The van der Waals surface area contributed by atoms with Crippen molar-refractivity contribution in [1.29, 1.82) is 0 Å². The molecule has 122 valence electrons. The number of rotatable bonds is 5. The monoisotopic (exact) mass is 320 g/mol. The highest BCUT2D eigenvalue weighted by Crippen LogP contribution is 2.31. The van der Waals surface area contributed by atoms with Crippen LogP contribution in [-0.4, -0.2) is 12.6 Å². The number of carbonyl (C=O) groups is 1. The molecule has 0 aliphatic rings. The van der Waals surface area contributed by atoms with E-state index in [4.69, 9.17) is 9.47 Å². The number of hydrogen-bond acceptors (Lipinski definition) is 3. The van der Waals surface area contributed by atoms with Crippen LogP contribution in [0.15, 0.2) is 72.8 Å². The average molecular weight is 320 g/mol. The van der Waals surface area contributed by atoms with Crippen LogP contribution in [0.1, 0.15) is 19.4 Å². The molecule has 3 aromatic carbocycles. The smallest absolute Gasteiger partial charge is 0.354 e. The zero-order valence-corrected chi connectivity index (χ0v) is 13.9. The van der Waals surface area contributed by atoms with Crippen molar-refractivity contribution in [1.82, 2.24) is 0 Å². The summed E-state index contributed by atoms with van der Waals surface area (Å²) in [6.07, 6.45) is 0. The summed E-state index contributed by atoms with van der Waals surface area (Å²) >= 11 is 0. The van der Waals surface area contributed by atoms with E-state index in [9.17, 15) is 4.79 Å². The molecule has 0 saturated heterocycles. The minimum atomic E-state index is -1.19. The van der Waals surface area contributed by atoms with E-state index < -0.39 is 11.6 Å². The first-order valence-electron chi connectivity index (χ1n) is 8.04. The van der Waals surface area contributed by atoms with E-state index >= 15 is 0 Å². The summed E-state index contributed by atoms with van der Waals surface area (Å²) in [7, 11) is 0. The molecule has 24 heavy (non-hydrogen) atoms. The van der Waals surface area contributed by atoms with Crippen LogP contribution in [0, 0.1) is 0 Å². The lowest BCUT2D eigenvalue weighted by Crippen LogP contribution is -2.40. The van der Waals surface area contributed by atoms with Gasteiger partial charge in [-0.3, -0.25) is 0 Å². The quantitative estimate of drug-likeness (QED) is 0.639. The molecule has 0 saturated carbocycles. The molecule has 0 N–H and O–H groups in total. The molecule has 3 rings (SSSR count). The van der Waals surface area contributed by atoms with Gasteiger partial charge in [-0.15, -0.1) is 0 Å². The molecular formula is C21H20O3. The van der Waals surface area contributed by atoms with Crippen molar-refractivity contribution < 1.29 is 14.3 Å². The zero-order chi connectivity index (χ0) is 17.0. The predicted octanol–water partition coefficient (Wildman–Crippen LogP) is 4.70. The third kappa shape index (κ3) is 3.11. The van der Waals surface area contributed by atoms with Crippen LogP contribution in [0.5, 0.6) is 5.75 Å². The molecule has 0 aromatic heterocycles. The lowest BCUT2D eigenvalue weighted by atomic mass is 9.95. The highest BCUT2D eigenvalue weighted by atomic mass is 16.6. The van der Waals surface area contributed by atoms with Crippen molar-refractivity contribution in [3.8, 4) is 5.75 Å². The highest BCUT2D eigenvalue weighted by Gasteiger charge is 2.39. The Labute approximate surface area is 141 Å². The van der Waals surface area contributed by atoms with Gasteiger partial charge in [0.25, 0.3) is 0 Å². The summed E-state index contributed by atoms with van der Waals surface area (Å²) in [6.45, 7) is 3.84. The van der Waals surface area contributed by atoms with Crippen molar-refractivity contribution in [3.63, 3.8) is 0 Å². The van der Waals surface area contributed by atoms with Gasteiger partial charge in [0.05, 0.1) is 6.61 Å². The zero-order valence-electron chi connectivity index (χ0n) is 13.9. The number of fused-ring (bicyclic) bond motifs is 1. The Balaban J connectivity index is 2.00. The number of benzene rings is 3. The Morgan fingerprint density at radius 1 is 0.917 bits per heavy atom. The van der Waals surface area contributed by atoms with Gasteiger partial charge in [0, 0.05) is 5.56 Å². The molecule has 0 radical (unpaired) electrons. The van der Waals surface area contributed by atoms with E-state index in [1.54, 1.807) is 13.8 Å². The fraction of sp³-hybridized carbons (Fsp3) is 0.190. The van der Waals surface area contributed by atoms with Gasteiger partial charge in [-0.25, -0.2) is 4.79 Å². The molecular weight excluding hydrogens is 300 g/mol. The molecule has 0 amide bonds. The van der Waals surface area contributed by atoms with E-state index in [1.165, 1.54) is 0 Å². The topological polar surface area (TPSA) is 35.5 Å². The van der Waals surface area contributed by atoms with Crippen LogP contribution in [-0.2, 0) is 15.1 Å². The van der Waals surface area contributed by atoms with E-state index in [-0.39, 0.29) is 0 Å². The van der Waals surface area contributed by atoms with Gasteiger partial charge < -0.3 is 9.47 Å². The highest BCUT2D eigenvalue weighted by molar-refractivity contribution is 5.84. The normalized spacial score (nSPS) is 13.2. The van der Waals surface area contributed by atoms with Crippen molar-refractivity contribution in [2.24, 2.45) is 0 Å². The Hall–Kier alpha value is -2.81. The second-order valence-electron chi connectivity index (χ2n) is 5.73. The van der Waals surface area contributed by atoms with Crippen LogP contribution < -0.4 is 4.74 Å². The predicted molar refractivity (Wildman–Crippen MR) is 95.0 cm³/mol. The molecule has 0 fully saturated rings. The fourth-order valence-electron chi connectivity index (χ4n) is 2.71. The first-order valence-corrected chi connectivity index (χ1v) is 8.04. The molecule has 1 atom stereocenters. The minimum absolute atomic E-state index is 0.308. The third-order valence-corrected chi connectivity index (χ3v) is 4.03. The minimum Gasteiger partial charge on any atom is -0.471 e. The Morgan fingerprint density at radius 2 is 1.58 bits per heavy atom. The lowest BCUT2D eigenvalue weighted by molar-refractivity contribution is -0.161. The Kier molecular flexibility index (Phi) is 4.52. The van der Waals surface area contributed by atoms with E-state index in [0.717, 1.165) is 16.3 Å². The number of esters is 1. The molecule has 0 heterocycles. The number of hydrogen-bond donors (Lipinski definition) is 0. The molecule has 0 spiro atoms. The van der Waals surface area contributed by atoms with E-state index in [0.29, 0.717) is 12.4 Å².